The lowest BCUT2D eigenvalue weighted by molar-refractivity contribution is 0.0948. The Balaban J connectivity index is 2.48. The van der Waals surface area contributed by atoms with Gasteiger partial charge in [-0.15, -0.1) is 0 Å². The number of aromatic amines is 1. The topological polar surface area (TPSA) is 85.8 Å². The fourth-order valence-corrected chi connectivity index (χ4v) is 1.04. The Morgan fingerprint density at radius 3 is 3.00 bits per heavy atom. The van der Waals surface area contributed by atoms with Crippen LogP contribution in [-0.2, 0) is 0 Å². The second-order valence-corrected chi connectivity index (χ2v) is 2.95. The van der Waals surface area contributed by atoms with Crippen molar-refractivity contribution >= 4 is 5.91 Å². The Morgan fingerprint density at radius 2 is 2.33 bits per heavy atom. The monoisotopic (exact) mass is 205 g/mol. The molecular formula is C10H11N3O2. The summed E-state index contributed by atoms with van der Waals surface area (Å²) in [6.45, 7) is 0.434. The van der Waals surface area contributed by atoms with Crippen LogP contribution in [0.3, 0.4) is 0 Å². The number of nitrogens with zero attached hydrogens (tertiary/aromatic N) is 1. The van der Waals surface area contributed by atoms with Crippen LogP contribution in [0.1, 0.15) is 23.3 Å². The highest BCUT2D eigenvalue weighted by Crippen LogP contribution is 1.90. The molecule has 0 saturated heterocycles. The molecular weight excluding hydrogens is 194 g/mol. The van der Waals surface area contributed by atoms with Gasteiger partial charge in [0.05, 0.1) is 6.07 Å². The molecule has 1 heterocycles. The minimum absolute atomic E-state index is 0.236. The highest BCUT2D eigenvalue weighted by Gasteiger charge is 2.04. The summed E-state index contributed by atoms with van der Waals surface area (Å²) in [7, 11) is 0. The fraction of sp³-hybridized carbons (Fsp3) is 0.300. The van der Waals surface area contributed by atoms with Crippen LogP contribution < -0.4 is 10.9 Å². The maximum absolute atomic E-state index is 11.4. The van der Waals surface area contributed by atoms with Gasteiger partial charge in [-0.1, -0.05) is 6.07 Å². The van der Waals surface area contributed by atoms with E-state index in [4.69, 9.17) is 5.26 Å². The number of amides is 1. The molecule has 0 spiro atoms. The zero-order valence-electron chi connectivity index (χ0n) is 8.12. The zero-order valence-corrected chi connectivity index (χ0v) is 8.12. The number of pyridine rings is 1. The molecule has 0 bridgehead atoms. The molecule has 0 aliphatic heterocycles. The smallest absolute Gasteiger partial charge is 0.267 e. The summed E-state index contributed by atoms with van der Waals surface area (Å²) < 4.78 is 0. The summed E-state index contributed by atoms with van der Waals surface area (Å²) in [5.74, 6) is -0.328. The van der Waals surface area contributed by atoms with Gasteiger partial charge in [0.1, 0.15) is 5.69 Å². The van der Waals surface area contributed by atoms with Crippen LogP contribution in [0.25, 0.3) is 0 Å². The molecule has 0 aliphatic carbocycles. The second kappa shape index (κ2) is 5.60. The molecule has 0 atom stereocenters. The molecule has 0 fully saturated rings. The van der Waals surface area contributed by atoms with Crippen LogP contribution in [0, 0.1) is 11.3 Å². The van der Waals surface area contributed by atoms with Gasteiger partial charge in [0, 0.05) is 19.0 Å². The number of hydrogen-bond donors (Lipinski definition) is 2. The Hall–Kier alpha value is -2.09. The SMILES string of the molecule is N#CCCCNC(=O)c1cccc(=O)[nH]1. The number of aromatic nitrogens is 1. The van der Waals surface area contributed by atoms with Crippen molar-refractivity contribution in [2.45, 2.75) is 12.8 Å². The number of nitrogens with one attached hydrogen (secondary N) is 2. The van der Waals surface area contributed by atoms with E-state index in [2.05, 4.69) is 10.3 Å². The first-order valence-electron chi connectivity index (χ1n) is 4.58. The van der Waals surface area contributed by atoms with E-state index in [0.717, 1.165) is 0 Å². The Bertz CT molecular complexity index is 431. The molecule has 1 aromatic rings. The molecule has 0 radical (unpaired) electrons. The van der Waals surface area contributed by atoms with Crippen LogP contribution in [0.2, 0.25) is 0 Å². The lowest BCUT2D eigenvalue weighted by Crippen LogP contribution is -2.26. The quantitative estimate of drug-likeness (QED) is 0.698. The maximum Gasteiger partial charge on any atom is 0.267 e. The van der Waals surface area contributed by atoms with Crippen molar-refractivity contribution in [3.8, 4) is 6.07 Å². The van der Waals surface area contributed by atoms with Crippen LogP contribution in [0.4, 0.5) is 0 Å². The number of unbranched alkanes of at least 4 members (excludes halogenated alkanes) is 1. The zero-order chi connectivity index (χ0) is 11.1. The van der Waals surface area contributed by atoms with Crippen molar-refractivity contribution < 1.29 is 4.79 Å². The van der Waals surface area contributed by atoms with Crippen molar-refractivity contribution in [3.63, 3.8) is 0 Å². The van der Waals surface area contributed by atoms with E-state index in [0.29, 0.717) is 19.4 Å². The van der Waals surface area contributed by atoms with Crippen molar-refractivity contribution in [1.29, 1.82) is 5.26 Å². The number of carbonyl (C=O) groups excluding carboxylic acids is 1. The highest BCUT2D eigenvalue weighted by molar-refractivity contribution is 5.92. The van der Waals surface area contributed by atoms with E-state index in [1.54, 1.807) is 0 Å². The summed E-state index contributed by atoms with van der Waals surface area (Å²) >= 11 is 0. The molecule has 15 heavy (non-hydrogen) atoms. The molecule has 2 N–H and O–H groups in total. The molecule has 0 saturated carbocycles. The standard InChI is InChI=1S/C10H11N3O2/c11-6-1-2-7-12-10(15)8-4-3-5-9(14)13-8/h3-5H,1-2,7H2,(H,12,15)(H,13,14). The largest absolute Gasteiger partial charge is 0.351 e. The lowest BCUT2D eigenvalue weighted by Gasteiger charge is -2.02. The molecule has 0 aliphatic rings. The van der Waals surface area contributed by atoms with E-state index in [9.17, 15) is 9.59 Å². The van der Waals surface area contributed by atoms with Crippen LogP contribution in [0.15, 0.2) is 23.0 Å². The Morgan fingerprint density at radius 1 is 1.53 bits per heavy atom. The minimum atomic E-state index is -0.328. The van der Waals surface area contributed by atoms with Crippen LogP contribution in [0.5, 0.6) is 0 Å². The predicted octanol–water partition coefficient (Wildman–Crippen LogP) is 0.408. The van der Waals surface area contributed by atoms with E-state index < -0.39 is 0 Å². The normalized spacial score (nSPS) is 9.27. The molecule has 0 aromatic carbocycles. The summed E-state index contributed by atoms with van der Waals surface area (Å²) in [6.07, 6.45) is 1.02. The van der Waals surface area contributed by atoms with Gasteiger partial charge in [-0.25, -0.2) is 0 Å². The molecule has 5 nitrogen and oxygen atoms in total. The van der Waals surface area contributed by atoms with E-state index in [1.807, 2.05) is 6.07 Å². The molecule has 1 rings (SSSR count). The van der Waals surface area contributed by atoms with Gasteiger partial charge in [-0.05, 0) is 12.5 Å². The lowest BCUT2D eigenvalue weighted by atomic mass is 10.3. The Kier molecular flexibility index (Phi) is 4.10. The van der Waals surface area contributed by atoms with Crippen molar-refractivity contribution in [3.05, 3.63) is 34.2 Å². The first-order chi connectivity index (χ1) is 7.24. The second-order valence-electron chi connectivity index (χ2n) is 2.95. The van der Waals surface area contributed by atoms with Gasteiger partial charge in [0.2, 0.25) is 5.56 Å². The van der Waals surface area contributed by atoms with Crippen molar-refractivity contribution in [2.24, 2.45) is 0 Å². The van der Waals surface area contributed by atoms with E-state index >= 15 is 0 Å². The van der Waals surface area contributed by atoms with Gasteiger partial charge < -0.3 is 10.3 Å². The van der Waals surface area contributed by atoms with Gasteiger partial charge in [-0.2, -0.15) is 5.26 Å². The average Bonchev–Trinajstić information content (AvgIpc) is 2.24. The molecule has 1 aromatic heterocycles. The highest BCUT2D eigenvalue weighted by atomic mass is 16.2. The third-order valence-corrected chi connectivity index (χ3v) is 1.76. The summed E-state index contributed by atoms with van der Waals surface area (Å²) in [4.78, 5) is 24.7. The minimum Gasteiger partial charge on any atom is -0.351 e. The Labute approximate surface area is 86.7 Å². The van der Waals surface area contributed by atoms with Gasteiger partial charge in [0.25, 0.3) is 5.91 Å². The van der Waals surface area contributed by atoms with E-state index in [-0.39, 0.29) is 17.2 Å². The van der Waals surface area contributed by atoms with Crippen LogP contribution in [-0.4, -0.2) is 17.4 Å². The summed E-state index contributed by atoms with van der Waals surface area (Å²) in [6, 6.07) is 6.37. The molecule has 1 amide bonds. The van der Waals surface area contributed by atoms with E-state index in [1.165, 1.54) is 18.2 Å². The summed E-state index contributed by atoms with van der Waals surface area (Å²) in [5.41, 5.74) is -0.0702. The first kappa shape index (κ1) is 11.0. The molecule has 5 heteroatoms. The van der Waals surface area contributed by atoms with Gasteiger partial charge in [-0.3, -0.25) is 9.59 Å². The number of hydrogen-bond acceptors (Lipinski definition) is 3. The number of carbonyl (C=O) groups is 1. The molecule has 0 unspecified atom stereocenters. The fourth-order valence-electron chi connectivity index (χ4n) is 1.04. The third kappa shape index (κ3) is 3.65. The number of rotatable bonds is 4. The first-order valence-corrected chi connectivity index (χ1v) is 4.58. The maximum atomic E-state index is 11.4. The summed E-state index contributed by atoms with van der Waals surface area (Å²) in [5, 5.41) is 10.9. The van der Waals surface area contributed by atoms with Crippen molar-refractivity contribution in [1.82, 2.24) is 10.3 Å². The predicted molar refractivity (Wildman–Crippen MR) is 54.2 cm³/mol. The van der Waals surface area contributed by atoms with Crippen LogP contribution >= 0.6 is 0 Å². The van der Waals surface area contributed by atoms with Gasteiger partial charge in [0.15, 0.2) is 0 Å². The number of nitriles is 1. The third-order valence-electron chi connectivity index (χ3n) is 1.76. The van der Waals surface area contributed by atoms with Gasteiger partial charge >= 0.3 is 0 Å². The van der Waals surface area contributed by atoms with Crippen molar-refractivity contribution in [2.75, 3.05) is 6.54 Å². The number of H-pyrrole nitrogens is 1. The average molecular weight is 205 g/mol. The molecule has 78 valence electrons.